The van der Waals surface area contributed by atoms with Gasteiger partial charge >= 0.3 is 0 Å². The van der Waals surface area contributed by atoms with Crippen LogP contribution in [-0.4, -0.2) is 15.8 Å². The maximum atomic E-state index is 12.4. The molecule has 0 saturated carbocycles. The molecular formula is C6H5FN2O. The molecule has 0 N–H and O–H groups in total. The molecule has 0 aromatic carbocycles. The fraction of sp³-hybridized carbons (Fsp3) is 0.167. The van der Waals surface area contributed by atoms with Crippen LogP contribution in [0.4, 0.5) is 4.39 Å². The number of carbonyl (C=O) groups is 1. The smallest absolute Gasteiger partial charge is 0.242 e. The Bertz CT molecular complexity index is 262. The van der Waals surface area contributed by atoms with Crippen molar-refractivity contribution in [2.24, 2.45) is 0 Å². The third-order valence-electron chi connectivity index (χ3n) is 0.987. The highest BCUT2D eigenvalue weighted by molar-refractivity contribution is 5.91. The number of nitrogens with zero attached hydrogens (tertiary/aromatic N) is 2. The van der Waals surface area contributed by atoms with Crippen molar-refractivity contribution in [1.82, 2.24) is 9.97 Å². The summed E-state index contributed by atoms with van der Waals surface area (Å²) in [5.74, 6) is -1.22. The first-order chi connectivity index (χ1) is 4.72. The summed E-state index contributed by atoms with van der Waals surface area (Å²) in [6, 6.07) is 0. The van der Waals surface area contributed by atoms with Crippen LogP contribution in [0.2, 0.25) is 0 Å². The van der Waals surface area contributed by atoms with Crippen LogP contribution in [0, 0.1) is 5.95 Å². The van der Waals surface area contributed by atoms with Gasteiger partial charge in [-0.05, 0) is 0 Å². The summed E-state index contributed by atoms with van der Waals surface area (Å²) in [7, 11) is 0. The van der Waals surface area contributed by atoms with Crippen LogP contribution in [0.25, 0.3) is 0 Å². The highest BCUT2D eigenvalue weighted by Gasteiger charge is 2.07. The van der Waals surface area contributed by atoms with Crippen LogP contribution in [0.5, 0.6) is 0 Å². The largest absolute Gasteiger partial charge is 0.293 e. The van der Waals surface area contributed by atoms with Crippen molar-refractivity contribution in [3.05, 3.63) is 24.0 Å². The second kappa shape index (κ2) is 2.51. The molecule has 0 saturated heterocycles. The van der Waals surface area contributed by atoms with Crippen molar-refractivity contribution in [3.8, 4) is 0 Å². The molecule has 10 heavy (non-hydrogen) atoms. The second-order valence-electron chi connectivity index (χ2n) is 1.75. The van der Waals surface area contributed by atoms with Gasteiger partial charge in [0.05, 0.1) is 0 Å². The molecular weight excluding hydrogens is 135 g/mol. The lowest BCUT2D eigenvalue weighted by atomic mass is 10.3. The Morgan fingerprint density at radius 3 is 2.50 bits per heavy atom. The van der Waals surface area contributed by atoms with Gasteiger partial charge in [0.1, 0.15) is 0 Å². The zero-order valence-electron chi connectivity index (χ0n) is 5.34. The van der Waals surface area contributed by atoms with Gasteiger partial charge in [0, 0.05) is 19.3 Å². The first kappa shape index (κ1) is 6.80. The minimum Gasteiger partial charge on any atom is -0.293 e. The number of halogens is 1. The molecule has 1 heterocycles. The molecule has 0 bridgehead atoms. The molecule has 0 atom stereocenters. The molecule has 0 fully saturated rings. The summed E-state index contributed by atoms with van der Waals surface area (Å²) < 4.78 is 12.4. The predicted octanol–water partition coefficient (Wildman–Crippen LogP) is 0.818. The number of hydrogen-bond donors (Lipinski definition) is 0. The Hall–Kier alpha value is -1.32. The van der Waals surface area contributed by atoms with Crippen LogP contribution in [0.1, 0.15) is 17.4 Å². The number of Topliss-reactive ketones (excluding diaryl/α,β-unsaturated/α-hetero) is 1. The Balaban J connectivity index is 3.15. The minimum absolute atomic E-state index is 0.206. The van der Waals surface area contributed by atoms with Gasteiger partial charge in [-0.25, -0.2) is 9.97 Å². The van der Waals surface area contributed by atoms with E-state index in [9.17, 15) is 9.18 Å². The van der Waals surface area contributed by atoms with E-state index in [-0.39, 0.29) is 5.69 Å². The summed E-state index contributed by atoms with van der Waals surface area (Å²) in [6.45, 7) is 1.24. The molecule has 0 radical (unpaired) electrons. The van der Waals surface area contributed by atoms with E-state index in [0.717, 1.165) is 0 Å². The van der Waals surface area contributed by atoms with Crippen molar-refractivity contribution in [3.63, 3.8) is 0 Å². The van der Waals surface area contributed by atoms with Crippen molar-refractivity contribution in [1.29, 1.82) is 0 Å². The van der Waals surface area contributed by atoms with Gasteiger partial charge in [-0.15, -0.1) is 0 Å². The molecule has 1 aromatic heterocycles. The van der Waals surface area contributed by atoms with E-state index in [1.165, 1.54) is 19.3 Å². The highest BCUT2D eigenvalue weighted by atomic mass is 19.1. The van der Waals surface area contributed by atoms with E-state index in [1.807, 2.05) is 0 Å². The van der Waals surface area contributed by atoms with Crippen molar-refractivity contribution < 1.29 is 9.18 Å². The van der Waals surface area contributed by atoms with Gasteiger partial charge < -0.3 is 0 Å². The topological polar surface area (TPSA) is 42.9 Å². The average Bonchev–Trinajstić information content (AvgIpc) is 1.88. The molecule has 0 unspecified atom stereocenters. The predicted molar refractivity (Wildman–Crippen MR) is 32.0 cm³/mol. The van der Waals surface area contributed by atoms with E-state index in [1.54, 1.807) is 0 Å². The van der Waals surface area contributed by atoms with Crippen molar-refractivity contribution in [2.45, 2.75) is 6.92 Å². The summed E-state index contributed by atoms with van der Waals surface area (Å²) in [5.41, 5.74) is -0.206. The lowest BCUT2D eigenvalue weighted by Gasteiger charge is -1.92. The van der Waals surface area contributed by atoms with Gasteiger partial charge in [-0.1, -0.05) is 0 Å². The molecule has 0 aliphatic rings. The van der Waals surface area contributed by atoms with Gasteiger partial charge in [0.2, 0.25) is 5.95 Å². The SMILES string of the molecule is CC(=O)c1nccnc1F. The first-order valence-corrected chi connectivity index (χ1v) is 2.69. The van der Waals surface area contributed by atoms with Gasteiger partial charge in [-0.3, -0.25) is 4.79 Å². The lowest BCUT2D eigenvalue weighted by molar-refractivity contribution is 0.100. The second-order valence-corrected chi connectivity index (χ2v) is 1.75. The molecule has 0 aliphatic carbocycles. The normalized spacial score (nSPS) is 9.40. The summed E-state index contributed by atoms with van der Waals surface area (Å²) in [5, 5.41) is 0. The standard InChI is InChI=1S/C6H5FN2O/c1-4(10)5-6(7)9-3-2-8-5/h2-3H,1H3. The lowest BCUT2D eigenvalue weighted by Crippen LogP contribution is -2.01. The molecule has 0 spiro atoms. The molecule has 0 amide bonds. The van der Waals surface area contributed by atoms with E-state index >= 15 is 0 Å². The third-order valence-corrected chi connectivity index (χ3v) is 0.987. The number of rotatable bonds is 1. The zero-order chi connectivity index (χ0) is 7.56. The van der Waals surface area contributed by atoms with Crippen molar-refractivity contribution >= 4 is 5.78 Å². The van der Waals surface area contributed by atoms with Crippen molar-refractivity contribution in [2.75, 3.05) is 0 Å². The number of ketones is 1. The Labute approximate surface area is 56.9 Å². The van der Waals surface area contributed by atoms with Crippen LogP contribution in [0.15, 0.2) is 12.4 Å². The summed E-state index contributed by atoms with van der Waals surface area (Å²) >= 11 is 0. The summed E-state index contributed by atoms with van der Waals surface area (Å²) in [6.07, 6.45) is 2.47. The molecule has 3 nitrogen and oxygen atoms in total. The molecule has 1 rings (SSSR count). The Kier molecular flexibility index (Phi) is 1.71. The van der Waals surface area contributed by atoms with Crippen LogP contribution < -0.4 is 0 Å². The molecule has 1 aromatic rings. The van der Waals surface area contributed by atoms with Crippen LogP contribution in [-0.2, 0) is 0 Å². The number of carbonyl (C=O) groups excluding carboxylic acids is 1. The third kappa shape index (κ3) is 1.15. The highest BCUT2D eigenvalue weighted by Crippen LogP contribution is 1.98. The van der Waals surface area contributed by atoms with Gasteiger partial charge in [0.25, 0.3) is 0 Å². The Morgan fingerprint density at radius 1 is 1.50 bits per heavy atom. The maximum absolute atomic E-state index is 12.4. The maximum Gasteiger partial charge on any atom is 0.242 e. The summed E-state index contributed by atoms with van der Waals surface area (Å²) in [4.78, 5) is 17.3. The Morgan fingerprint density at radius 2 is 2.10 bits per heavy atom. The fourth-order valence-corrected chi connectivity index (χ4v) is 0.557. The van der Waals surface area contributed by atoms with E-state index in [4.69, 9.17) is 0 Å². The quantitative estimate of drug-likeness (QED) is 0.542. The molecule has 4 heteroatoms. The molecule has 0 aliphatic heterocycles. The van der Waals surface area contributed by atoms with Gasteiger partial charge in [0.15, 0.2) is 11.5 Å². The molecule has 52 valence electrons. The van der Waals surface area contributed by atoms with E-state index < -0.39 is 11.7 Å². The number of aromatic nitrogens is 2. The first-order valence-electron chi connectivity index (χ1n) is 2.69. The fourth-order valence-electron chi connectivity index (χ4n) is 0.557. The minimum atomic E-state index is -0.810. The van der Waals surface area contributed by atoms with Gasteiger partial charge in [-0.2, -0.15) is 4.39 Å². The zero-order valence-corrected chi connectivity index (χ0v) is 5.34. The van der Waals surface area contributed by atoms with E-state index in [2.05, 4.69) is 9.97 Å². The van der Waals surface area contributed by atoms with Crippen LogP contribution >= 0.6 is 0 Å². The monoisotopic (exact) mass is 140 g/mol. The van der Waals surface area contributed by atoms with E-state index in [0.29, 0.717) is 0 Å². The average molecular weight is 140 g/mol. The van der Waals surface area contributed by atoms with Crippen LogP contribution in [0.3, 0.4) is 0 Å². The number of hydrogen-bond acceptors (Lipinski definition) is 3.